The van der Waals surface area contributed by atoms with Crippen molar-refractivity contribution in [3.63, 3.8) is 0 Å². The molecule has 56 heavy (non-hydrogen) atoms. The van der Waals surface area contributed by atoms with Crippen LogP contribution in [0.15, 0.2) is 53.6 Å². The smallest absolute Gasteiger partial charge is 0.416 e. The predicted molar refractivity (Wildman–Crippen MR) is 199 cm³/mol. The topological polar surface area (TPSA) is 155 Å². The Labute approximate surface area is 322 Å². The van der Waals surface area contributed by atoms with Crippen molar-refractivity contribution in [2.75, 3.05) is 49.5 Å². The van der Waals surface area contributed by atoms with Gasteiger partial charge in [-0.2, -0.15) is 13.2 Å². The predicted octanol–water partition coefficient (Wildman–Crippen LogP) is 4.77. The Morgan fingerprint density at radius 1 is 1.02 bits per heavy atom. The number of carbonyl (C=O) groups excluding carboxylic acids is 2. The fraction of sp³-hybridized carbons (Fsp3) is 0.378. The number of nitrogens with one attached hydrogen (secondary N) is 1. The first kappa shape index (κ1) is 38.6. The molecule has 3 aromatic heterocycles. The molecule has 0 aliphatic carbocycles. The lowest BCUT2D eigenvalue weighted by Gasteiger charge is -2.36. The van der Waals surface area contributed by atoms with Gasteiger partial charge in [-0.1, -0.05) is 30.7 Å². The molecule has 2 aromatic carbocycles. The first-order valence-corrected chi connectivity index (χ1v) is 18.3. The molecule has 5 aromatic rings. The second kappa shape index (κ2) is 15.5. The lowest BCUT2D eigenvalue weighted by molar-refractivity contribution is -0.137. The average molecular weight is 797 g/mol. The van der Waals surface area contributed by atoms with E-state index in [1.54, 1.807) is 30.5 Å². The number of anilines is 2. The maximum Gasteiger partial charge on any atom is 0.416 e. The molecule has 294 valence electrons. The van der Waals surface area contributed by atoms with Gasteiger partial charge in [0.05, 0.1) is 27.7 Å². The number of hydrogen-bond donors (Lipinski definition) is 2. The molecule has 14 nitrogen and oxygen atoms in total. The summed E-state index contributed by atoms with van der Waals surface area (Å²) in [5.74, 6) is -1.45. The number of piperazine rings is 1. The molecule has 2 N–H and O–H groups in total. The molecule has 7 rings (SSSR count). The van der Waals surface area contributed by atoms with E-state index in [1.807, 2.05) is 21.9 Å². The van der Waals surface area contributed by atoms with E-state index < -0.39 is 41.7 Å². The molecule has 2 saturated heterocycles. The summed E-state index contributed by atoms with van der Waals surface area (Å²) in [4.78, 5) is 55.8. The van der Waals surface area contributed by atoms with Gasteiger partial charge < -0.3 is 24.8 Å². The molecule has 5 heterocycles. The Balaban J connectivity index is 1.22. The summed E-state index contributed by atoms with van der Waals surface area (Å²) in [5.41, 5.74) is 0.925. The van der Waals surface area contributed by atoms with Crippen LogP contribution >= 0.6 is 11.6 Å². The summed E-state index contributed by atoms with van der Waals surface area (Å²) < 4.78 is 55.1. The number of amides is 2. The van der Waals surface area contributed by atoms with Crippen LogP contribution in [-0.4, -0.2) is 102 Å². The molecule has 0 spiro atoms. The van der Waals surface area contributed by atoms with Crippen molar-refractivity contribution >= 4 is 46.0 Å². The number of aromatic nitrogens is 6. The van der Waals surface area contributed by atoms with Crippen LogP contribution in [0, 0.1) is 6.92 Å². The molecular weight excluding hydrogens is 760 g/mol. The highest BCUT2D eigenvalue weighted by molar-refractivity contribution is 6.33. The lowest BCUT2D eigenvalue weighted by atomic mass is 10.1. The van der Waals surface area contributed by atoms with E-state index in [-0.39, 0.29) is 77.3 Å². The van der Waals surface area contributed by atoms with Gasteiger partial charge in [-0.3, -0.25) is 19.3 Å². The number of carbonyl (C=O) groups is 2. The van der Waals surface area contributed by atoms with Crippen molar-refractivity contribution in [1.82, 2.24) is 39.3 Å². The zero-order valence-electron chi connectivity index (χ0n) is 30.4. The SMILES string of the molecule is CCc1c(N2CCN(C(=O)c3ncnc(C)c3O)CC2)c(=O)c2nn(-c3ccc(CN4CC[C@@H](F)C4)cc3)nc2n1CC(=O)Nc1ccc(C(F)(F)F)cc1Cl. The van der Waals surface area contributed by atoms with Crippen LogP contribution < -0.4 is 15.6 Å². The molecule has 1 atom stereocenters. The number of likely N-dealkylation sites (tertiary alicyclic amines) is 1. The Bertz CT molecular complexity index is 2360. The minimum Gasteiger partial charge on any atom is -0.504 e. The van der Waals surface area contributed by atoms with E-state index >= 15 is 0 Å². The number of rotatable bonds is 9. The number of fused-ring (bicyclic) bond motifs is 1. The second-order valence-corrected chi connectivity index (χ2v) is 14.1. The molecule has 2 aliphatic rings. The van der Waals surface area contributed by atoms with Gasteiger partial charge in [-0.05, 0) is 55.7 Å². The van der Waals surface area contributed by atoms with Crippen LogP contribution in [0.4, 0.5) is 28.9 Å². The zero-order valence-corrected chi connectivity index (χ0v) is 31.1. The molecule has 0 saturated carbocycles. The van der Waals surface area contributed by atoms with Gasteiger partial charge in [0.2, 0.25) is 11.3 Å². The van der Waals surface area contributed by atoms with Crippen LogP contribution in [0.25, 0.3) is 16.9 Å². The largest absolute Gasteiger partial charge is 0.504 e. The van der Waals surface area contributed by atoms with E-state index in [2.05, 4.69) is 25.5 Å². The monoisotopic (exact) mass is 796 g/mol. The third kappa shape index (κ3) is 7.75. The highest BCUT2D eigenvalue weighted by Gasteiger charge is 2.32. The number of aromatic hydroxyl groups is 1. The number of benzene rings is 2. The first-order valence-electron chi connectivity index (χ1n) is 17.9. The molecule has 2 amide bonds. The van der Waals surface area contributed by atoms with E-state index in [4.69, 9.17) is 11.6 Å². The minimum atomic E-state index is -4.63. The Morgan fingerprint density at radius 3 is 2.39 bits per heavy atom. The summed E-state index contributed by atoms with van der Waals surface area (Å²) in [6.45, 7) is 5.35. The third-order valence-electron chi connectivity index (χ3n) is 9.97. The minimum absolute atomic E-state index is 0.0346. The Hall–Kier alpha value is -5.62. The summed E-state index contributed by atoms with van der Waals surface area (Å²) in [6, 6.07) is 9.90. The van der Waals surface area contributed by atoms with Crippen molar-refractivity contribution in [3.05, 3.63) is 92.2 Å². The van der Waals surface area contributed by atoms with Gasteiger partial charge >= 0.3 is 6.18 Å². The summed E-state index contributed by atoms with van der Waals surface area (Å²) in [7, 11) is 0. The molecule has 2 aliphatic heterocycles. The van der Waals surface area contributed by atoms with Gasteiger partial charge in [-0.25, -0.2) is 14.4 Å². The van der Waals surface area contributed by atoms with E-state index in [0.29, 0.717) is 37.4 Å². The highest BCUT2D eigenvalue weighted by Crippen LogP contribution is 2.34. The maximum atomic E-state index is 14.4. The van der Waals surface area contributed by atoms with Crippen LogP contribution in [0.2, 0.25) is 5.02 Å². The molecule has 0 bridgehead atoms. The number of hydrogen-bond acceptors (Lipinski definition) is 10. The van der Waals surface area contributed by atoms with Crippen molar-refractivity contribution in [3.8, 4) is 11.4 Å². The average Bonchev–Trinajstić information content (AvgIpc) is 3.81. The summed E-state index contributed by atoms with van der Waals surface area (Å²) in [5, 5.41) is 21.9. The van der Waals surface area contributed by atoms with Crippen molar-refractivity contribution in [2.24, 2.45) is 0 Å². The third-order valence-corrected chi connectivity index (χ3v) is 10.3. The van der Waals surface area contributed by atoms with E-state index in [1.165, 1.54) is 16.0 Å². The normalized spacial score (nSPS) is 16.5. The first-order chi connectivity index (χ1) is 26.7. The number of nitrogens with zero attached hydrogens (tertiary/aromatic N) is 9. The summed E-state index contributed by atoms with van der Waals surface area (Å²) in [6.07, 6.45) is -3.51. The van der Waals surface area contributed by atoms with E-state index in [9.17, 15) is 37.1 Å². The number of pyridine rings is 1. The molecule has 2 fully saturated rings. The highest BCUT2D eigenvalue weighted by atomic mass is 35.5. The van der Waals surface area contributed by atoms with Gasteiger partial charge in [-0.15, -0.1) is 15.0 Å². The standard InChI is InChI=1S/C37H37ClF4N10O4/c1-3-28-32(49-12-14-50(15-13-49)36(56)31-33(54)21(2)43-20-44-31)34(55)30-35(51(28)19-29(53)45-27-9-6-23(16-26(27)38)37(40,41)42)47-52(46-30)25-7-4-22(5-8-25)17-48-11-10-24(39)18-48/h4-9,16,20,24,54H,3,10-15,17-19H2,1-2H3,(H,45,53)/t24-/m1/s1. The second-order valence-electron chi connectivity index (χ2n) is 13.7. The molecule has 0 unspecified atom stereocenters. The quantitative estimate of drug-likeness (QED) is 0.200. The number of alkyl halides is 4. The van der Waals surface area contributed by atoms with Crippen LogP contribution in [0.5, 0.6) is 5.75 Å². The Morgan fingerprint density at radius 2 is 1.75 bits per heavy atom. The summed E-state index contributed by atoms with van der Waals surface area (Å²) >= 11 is 6.15. The molecule has 0 radical (unpaired) electrons. The van der Waals surface area contributed by atoms with Crippen LogP contribution in [-0.2, 0) is 30.5 Å². The van der Waals surface area contributed by atoms with Crippen LogP contribution in [0.1, 0.15) is 46.3 Å². The van der Waals surface area contributed by atoms with E-state index in [0.717, 1.165) is 23.8 Å². The van der Waals surface area contributed by atoms with Gasteiger partial charge in [0, 0.05) is 51.5 Å². The fourth-order valence-electron chi connectivity index (χ4n) is 7.05. The van der Waals surface area contributed by atoms with Gasteiger partial charge in [0.25, 0.3) is 5.91 Å². The van der Waals surface area contributed by atoms with Crippen LogP contribution in [0.3, 0.4) is 0 Å². The van der Waals surface area contributed by atoms with Gasteiger partial charge in [0.1, 0.15) is 24.7 Å². The lowest BCUT2D eigenvalue weighted by Crippen LogP contribution is -2.50. The number of aryl methyl sites for hydroxylation is 1. The fourth-order valence-corrected chi connectivity index (χ4v) is 7.28. The zero-order chi connectivity index (χ0) is 39.9. The Kier molecular flexibility index (Phi) is 10.7. The van der Waals surface area contributed by atoms with Crippen molar-refractivity contribution in [1.29, 1.82) is 0 Å². The maximum absolute atomic E-state index is 14.4. The molecular formula is C37H37ClF4N10O4. The molecule has 19 heteroatoms. The number of halogens is 5. The van der Waals surface area contributed by atoms with Crippen molar-refractivity contribution in [2.45, 2.75) is 52.1 Å². The van der Waals surface area contributed by atoms with Gasteiger partial charge in [0.15, 0.2) is 22.6 Å². The van der Waals surface area contributed by atoms with Crippen molar-refractivity contribution < 1.29 is 32.3 Å².